The number of hydrogen-bond acceptors (Lipinski definition) is 4. The number of benzene rings is 2. The van der Waals surface area contributed by atoms with Gasteiger partial charge in [-0.15, -0.1) is 0 Å². The second kappa shape index (κ2) is 7.19. The molecule has 1 fully saturated rings. The van der Waals surface area contributed by atoms with Crippen LogP contribution in [0.15, 0.2) is 65.6 Å². The summed E-state index contributed by atoms with van der Waals surface area (Å²) in [5, 5.41) is 20.6. The molecule has 1 saturated carbocycles. The lowest BCUT2D eigenvalue weighted by atomic mass is 9.80. The molecule has 0 heterocycles. The maximum atomic E-state index is 12.5. The summed E-state index contributed by atoms with van der Waals surface area (Å²) >= 11 is 0. The topological polar surface area (TPSA) is 104 Å². The summed E-state index contributed by atoms with van der Waals surface area (Å²) in [5.41, 5.74) is -1.72. The third-order valence-electron chi connectivity index (χ3n) is 4.94. The van der Waals surface area contributed by atoms with Crippen LogP contribution in [-0.2, 0) is 20.4 Å². The van der Waals surface area contributed by atoms with E-state index in [1.54, 1.807) is 48.5 Å². The van der Waals surface area contributed by atoms with Gasteiger partial charge in [0.2, 0.25) is 10.0 Å². The standard InChI is InChI=1S/C19H21NO5S/c21-18(22)19(23,14-7-3-1-4-8-14)15-11-12-16(13-15)20-26(24,25)17-9-5-2-6-10-17/h1-10,15-16,20,23H,11-13H2,(H,21,22)/t15-,16?,19-/m0/s1. The Kier molecular flexibility index (Phi) is 5.13. The van der Waals surface area contributed by atoms with E-state index >= 15 is 0 Å². The zero-order valence-electron chi connectivity index (χ0n) is 14.1. The van der Waals surface area contributed by atoms with Gasteiger partial charge in [-0.3, -0.25) is 0 Å². The Hall–Kier alpha value is -2.22. The fourth-order valence-electron chi connectivity index (χ4n) is 3.58. The molecule has 7 heteroatoms. The highest BCUT2D eigenvalue weighted by atomic mass is 32.2. The first-order chi connectivity index (χ1) is 12.3. The van der Waals surface area contributed by atoms with Crippen molar-refractivity contribution < 1.29 is 23.4 Å². The number of aliphatic hydroxyl groups is 1. The van der Waals surface area contributed by atoms with Gasteiger partial charge < -0.3 is 10.2 Å². The lowest BCUT2D eigenvalue weighted by Crippen LogP contribution is -2.43. The van der Waals surface area contributed by atoms with Crippen LogP contribution in [0.5, 0.6) is 0 Å². The lowest BCUT2D eigenvalue weighted by molar-refractivity contribution is -0.166. The molecule has 1 aliphatic rings. The van der Waals surface area contributed by atoms with E-state index in [1.165, 1.54) is 12.1 Å². The maximum Gasteiger partial charge on any atom is 0.340 e. The smallest absolute Gasteiger partial charge is 0.340 e. The Morgan fingerprint density at radius 3 is 2.15 bits per heavy atom. The van der Waals surface area contributed by atoms with Crippen molar-refractivity contribution in [2.45, 2.75) is 35.8 Å². The Morgan fingerprint density at radius 1 is 1.00 bits per heavy atom. The molecule has 26 heavy (non-hydrogen) atoms. The molecule has 3 atom stereocenters. The van der Waals surface area contributed by atoms with Crippen LogP contribution in [0, 0.1) is 5.92 Å². The van der Waals surface area contributed by atoms with E-state index in [0.29, 0.717) is 18.4 Å². The summed E-state index contributed by atoms with van der Waals surface area (Å²) in [4.78, 5) is 12.0. The van der Waals surface area contributed by atoms with Gasteiger partial charge in [0, 0.05) is 12.0 Å². The van der Waals surface area contributed by atoms with Crippen molar-refractivity contribution in [3.05, 3.63) is 66.2 Å². The minimum Gasteiger partial charge on any atom is -0.479 e. The van der Waals surface area contributed by atoms with E-state index in [1.807, 2.05) is 0 Å². The molecule has 2 aromatic rings. The van der Waals surface area contributed by atoms with Crippen molar-refractivity contribution in [1.29, 1.82) is 0 Å². The van der Waals surface area contributed by atoms with Gasteiger partial charge in [0.25, 0.3) is 0 Å². The minimum absolute atomic E-state index is 0.167. The molecule has 1 aliphatic carbocycles. The zero-order chi connectivity index (χ0) is 18.8. The van der Waals surface area contributed by atoms with Crippen LogP contribution in [0.4, 0.5) is 0 Å². The van der Waals surface area contributed by atoms with Crippen molar-refractivity contribution in [3.8, 4) is 0 Å². The van der Waals surface area contributed by atoms with Crippen molar-refractivity contribution >= 4 is 16.0 Å². The van der Waals surface area contributed by atoms with Crippen LogP contribution >= 0.6 is 0 Å². The van der Waals surface area contributed by atoms with E-state index in [-0.39, 0.29) is 11.3 Å². The number of nitrogens with one attached hydrogen (secondary N) is 1. The summed E-state index contributed by atoms with van der Waals surface area (Å²) < 4.78 is 27.5. The van der Waals surface area contributed by atoms with Crippen molar-refractivity contribution in [2.24, 2.45) is 5.92 Å². The van der Waals surface area contributed by atoms with Crippen LogP contribution < -0.4 is 4.72 Å². The normalized spacial score (nSPS) is 22.7. The molecule has 138 valence electrons. The van der Waals surface area contributed by atoms with Gasteiger partial charge >= 0.3 is 5.97 Å². The number of carboxylic acid groups (broad SMARTS) is 1. The van der Waals surface area contributed by atoms with E-state index in [9.17, 15) is 23.4 Å². The first kappa shape index (κ1) is 18.6. The van der Waals surface area contributed by atoms with Crippen LogP contribution in [0.25, 0.3) is 0 Å². The molecule has 3 rings (SSSR count). The Morgan fingerprint density at radius 2 is 1.58 bits per heavy atom. The number of sulfonamides is 1. The average Bonchev–Trinajstić information content (AvgIpc) is 3.10. The number of hydrogen-bond donors (Lipinski definition) is 3. The lowest BCUT2D eigenvalue weighted by Gasteiger charge is -2.30. The molecule has 2 aromatic carbocycles. The molecule has 0 aromatic heterocycles. The molecular weight excluding hydrogens is 354 g/mol. The van der Waals surface area contributed by atoms with Gasteiger partial charge in [0.05, 0.1) is 4.90 Å². The fourth-order valence-corrected chi connectivity index (χ4v) is 4.89. The number of rotatable bonds is 6. The fraction of sp³-hybridized carbons (Fsp3) is 0.316. The van der Waals surface area contributed by atoms with Crippen molar-refractivity contribution in [3.63, 3.8) is 0 Å². The molecule has 0 saturated heterocycles. The van der Waals surface area contributed by atoms with E-state index < -0.39 is 33.6 Å². The van der Waals surface area contributed by atoms with E-state index in [0.717, 1.165) is 0 Å². The van der Waals surface area contributed by atoms with Crippen molar-refractivity contribution in [2.75, 3.05) is 0 Å². The molecule has 3 N–H and O–H groups in total. The summed E-state index contributed by atoms with van der Waals surface area (Å²) in [5.74, 6) is -1.90. The second-order valence-electron chi connectivity index (χ2n) is 6.58. The summed E-state index contributed by atoms with van der Waals surface area (Å²) in [6.45, 7) is 0. The first-order valence-corrected chi connectivity index (χ1v) is 9.91. The molecule has 0 bridgehead atoms. The third-order valence-corrected chi connectivity index (χ3v) is 6.48. The minimum atomic E-state index is -3.68. The third kappa shape index (κ3) is 3.51. The molecule has 6 nitrogen and oxygen atoms in total. The molecule has 0 spiro atoms. The maximum absolute atomic E-state index is 12.5. The molecule has 0 aliphatic heterocycles. The largest absolute Gasteiger partial charge is 0.479 e. The first-order valence-electron chi connectivity index (χ1n) is 8.42. The average molecular weight is 375 g/mol. The van der Waals surface area contributed by atoms with Gasteiger partial charge in [-0.25, -0.2) is 17.9 Å². The SMILES string of the molecule is O=C(O)[C@](O)(c1ccccc1)[C@H]1CCC(NS(=O)(=O)c2ccccc2)C1. The Balaban J connectivity index is 1.78. The predicted octanol–water partition coefficient (Wildman–Crippen LogP) is 2.11. The predicted molar refractivity (Wildman–Crippen MR) is 95.9 cm³/mol. The highest BCUT2D eigenvalue weighted by molar-refractivity contribution is 7.89. The monoisotopic (exact) mass is 375 g/mol. The van der Waals surface area contributed by atoms with Crippen molar-refractivity contribution in [1.82, 2.24) is 4.72 Å². The second-order valence-corrected chi connectivity index (χ2v) is 8.29. The number of aliphatic carboxylic acids is 1. The van der Waals surface area contributed by atoms with Gasteiger partial charge in [-0.1, -0.05) is 48.5 Å². The van der Waals surface area contributed by atoms with Crippen LogP contribution in [0.2, 0.25) is 0 Å². The Labute approximate surface area is 152 Å². The molecule has 1 unspecified atom stereocenters. The highest BCUT2D eigenvalue weighted by Gasteiger charge is 2.49. The molecular formula is C19H21NO5S. The molecule has 0 amide bonds. The quantitative estimate of drug-likeness (QED) is 0.717. The van der Waals surface area contributed by atoms with Gasteiger partial charge in [-0.05, 0) is 37.0 Å². The van der Waals surface area contributed by atoms with Crippen LogP contribution in [0.3, 0.4) is 0 Å². The number of carbonyl (C=O) groups is 1. The van der Waals surface area contributed by atoms with Crippen LogP contribution in [0.1, 0.15) is 24.8 Å². The van der Waals surface area contributed by atoms with Gasteiger partial charge in [-0.2, -0.15) is 0 Å². The van der Waals surface area contributed by atoms with Gasteiger partial charge in [0.1, 0.15) is 0 Å². The van der Waals surface area contributed by atoms with Gasteiger partial charge in [0.15, 0.2) is 5.60 Å². The summed E-state index contributed by atoms with van der Waals surface area (Å²) in [7, 11) is -3.68. The zero-order valence-corrected chi connectivity index (χ0v) is 14.9. The summed E-state index contributed by atoms with van der Waals surface area (Å²) in [6, 6.07) is 15.9. The number of carboxylic acids is 1. The van der Waals surface area contributed by atoms with E-state index in [4.69, 9.17) is 0 Å². The van der Waals surface area contributed by atoms with Crippen LogP contribution in [-0.4, -0.2) is 30.6 Å². The summed E-state index contributed by atoms with van der Waals surface area (Å²) in [6.07, 6.45) is 1.14. The highest BCUT2D eigenvalue weighted by Crippen LogP contribution is 2.41. The Bertz CT molecular complexity index is 869. The van der Waals surface area contributed by atoms with E-state index in [2.05, 4.69) is 4.72 Å². The molecule has 0 radical (unpaired) electrons.